The van der Waals surface area contributed by atoms with E-state index in [1.54, 1.807) is 0 Å². The van der Waals surface area contributed by atoms with Crippen molar-refractivity contribution in [3.8, 4) is 0 Å². The first-order valence-corrected chi connectivity index (χ1v) is 4.42. The van der Waals surface area contributed by atoms with Crippen molar-refractivity contribution in [1.29, 1.82) is 0 Å². The van der Waals surface area contributed by atoms with Crippen LogP contribution in [0, 0.1) is 0 Å². The maximum atomic E-state index is 5.11. The summed E-state index contributed by atoms with van der Waals surface area (Å²) in [5.41, 5.74) is 10.2. The molecule has 4 N–H and O–H groups in total. The summed E-state index contributed by atoms with van der Waals surface area (Å²) in [7, 11) is 0. The molecule has 0 rings (SSSR count). The quantitative estimate of drug-likeness (QED) is 0.364. The molecule has 3 nitrogen and oxygen atoms in total. The van der Waals surface area contributed by atoms with Gasteiger partial charge in [0.2, 0.25) is 0 Å². The summed E-state index contributed by atoms with van der Waals surface area (Å²) in [6.07, 6.45) is 0. The summed E-state index contributed by atoms with van der Waals surface area (Å²) < 4.78 is 1.07. The minimum absolute atomic E-state index is 0.194. The Labute approximate surface area is 62.6 Å². The van der Waals surface area contributed by atoms with Gasteiger partial charge in [-0.2, -0.15) is 0 Å². The normalized spacial score (nSPS) is 12.8. The molecule has 3 radical (unpaired) electrons. The van der Waals surface area contributed by atoms with E-state index in [9.17, 15) is 0 Å². The van der Waals surface area contributed by atoms with Crippen LogP contribution in [-0.4, -0.2) is 34.5 Å². The first kappa shape index (κ1) is 8.07. The van der Waals surface area contributed by atoms with Crippen LogP contribution < -0.4 is 11.5 Å². The Bertz CT molecular complexity index is 87.3. The van der Waals surface area contributed by atoms with Gasteiger partial charge in [0.05, 0.1) is 0 Å². The van der Waals surface area contributed by atoms with Crippen LogP contribution in [0.1, 0.15) is 6.92 Å². The third-order valence-electron chi connectivity index (χ3n) is 0.665. The van der Waals surface area contributed by atoms with Gasteiger partial charge in [0.1, 0.15) is 0 Å². The Kier molecular flexibility index (Phi) is 4.03. The fraction of sp³-hybridized carbons (Fsp3) is 0.750. The topological polar surface area (TPSA) is 64.4 Å². The van der Waals surface area contributed by atoms with Gasteiger partial charge in [0.15, 0.2) is 0 Å². The van der Waals surface area contributed by atoms with Crippen molar-refractivity contribution in [3.05, 3.63) is 0 Å². The van der Waals surface area contributed by atoms with Crippen LogP contribution in [0.3, 0.4) is 0 Å². The van der Waals surface area contributed by atoms with Crippen molar-refractivity contribution < 1.29 is 0 Å². The van der Waals surface area contributed by atoms with Crippen LogP contribution in [0.15, 0.2) is 4.99 Å². The fourth-order valence-electron chi connectivity index (χ4n) is 0.300. The van der Waals surface area contributed by atoms with Crippen molar-refractivity contribution in [3.63, 3.8) is 0 Å². The Morgan fingerprint density at radius 1 is 1.75 bits per heavy atom. The molecule has 0 amide bonds. The van der Waals surface area contributed by atoms with E-state index in [1.165, 1.54) is 22.5 Å². The maximum absolute atomic E-state index is 5.11. The molecule has 0 heterocycles. The van der Waals surface area contributed by atoms with Crippen LogP contribution in [-0.2, 0) is 0 Å². The zero-order valence-electron chi connectivity index (χ0n) is 4.89. The molecule has 45 valence electrons. The molecule has 0 aliphatic rings. The monoisotopic (exact) mass is 220 g/mol. The summed E-state index contributed by atoms with van der Waals surface area (Å²) in [6, 6.07) is 0.304. The fourth-order valence-corrected chi connectivity index (χ4v) is 0.561. The first-order chi connectivity index (χ1) is 3.66. The van der Waals surface area contributed by atoms with Gasteiger partial charge in [-0.3, -0.25) is 0 Å². The molecule has 4 heteroatoms. The number of guanidine groups is 1. The van der Waals surface area contributed by atoms with Crippen molar-refractivity contribution >= 4 is 28.5 Å². The van der Waals surface area contributed by atoms with Crippen LogP contribution in [0.2, 0.25) is 4.44 Å². The summed E-state index contributed by atoms with van der Waals surface area (Å²) in [6.45, 7) is 1.99. The average molecular weight is 219 g/mol. The van der Waals surface area contributed by atoms with E-state index >= 15 is 0 Å². The molecule has 0 saturated heterocycles. The molecule has 0 saturated carbocycles. The number of nitrogens with zero attached hydrogens (tertiary/aromatic N) is 1. The Morgan fingerprint density at radius 3 is 2.38 bits per heavy atom. The van der Waals surface area contributed by atoms with E-state index in [2.05, 4.69) is 4.99 Å². The van der Waals surface area contributed by atoms with E-state index in [0.29, 0.717) is 6.04 Å². The molecule has 1 atom stereocenters. The van der Waals surface area contributed by atoms with Crippen LogP contribution in [0.4, 0.5) is 0 Å². The molecule has 0 aliphatic carbocycles. The second-order valence-electron chi connectivity index (χ2n) is 1.61. The SMILES string of the molecule is CC([CH2][Sn])N=C(N)N. The van der Waals surface area contributed by atoms with Gasteiger partial charge in [-0.05, 0) is 0 Å². The summed E-state index contributed by atoms with van der Waals surface area (Å²) in [4.78, 5) is 3.89. The van der Waals surface area contributed by atoms with Crippen LogP contribution in [0.5, 0.6) is 0 Å². The zero-order valence-corrected chi connectivity index (χ0v) is 7.74. The molecule has 0 bridgehead atoms. The molecular formula is C4H10N3Sn. The zero-order chi connectivity index (χ0) is 6.57. The van der Waals surface area contributed by atoms with E-state index in [0.717, 1.165) is 4.44 Å². The van der Waals surface area contributed by atoms with Gasteiger partial charge in [0.25, 0.3) is 0 Å². The van der Waals surface area contributed by atoms with Gasteiger partial charge in [-0.25, -0.2) is 0 Å². The van der Waals surface area contributed by atoms with Gasteiger partial charge in [-0.1, -0.05) is 0 Å². The number of aliphatic imine (C=N–C) groups is 1. The van der Waals surface area contributed by atoms with Crippen molar-refractivity contribution in [2.45, 2.75) is 17.4 Å². The molecule has 0 aromatic carbocycles. The van der Waals surface area contributed by atoms with Gasteiger partial charge in [-0.15, -0.1) is 0 Å². The molecule has 0 aromatic rings. The van der Waals surface area contributed by atoms with E-state index < -0.39 is 0 Å². The molecule has 1 unspecified atom stereocenters. The molecule has 0 spiro atoms. The second-order valence-corrected chi connectivity index (χ2v) is 2.77. The predicted molar refractivity (Wildman–Crippen MR) is 35.8 cm³/mol. The predicted octanol–water partition coefficient (Wildman–Crippen LogP) is -0.765. The van der Waals surface area contributed by atoms with E-state index in [4.69, 9.17) is 11.5 Å². The van der Waals surface area contributed by atoms with Gasteiger partial charge in [0, 0.05) is 0 Å². The van der Waals surface area contributed by atoms with Crippen LogP contribution in [0.25, 0.3) is 0 Å². The number of nitrogens with two attached hydrogens (primary N) is 2. The van der Waals surface area contributed by atoms with Crippen molar-refractivity contribution in [2.75, 3.05) is 0 Å². The van der Waals surface area contributed by atoms with Crippen molar-refractivity contribution in [1.82, 2.24) is 0 Å². The Balaban J connectivity index is 3.51. The summed E-state index contributed by atoms with van der Waals surface area (Å²) in [5, 5.41) is 0. The standard InChI is InChI=1S/C4H10N3.Sn/c1-3(2)7-4(5)6;/h3H,1H2,2H3,(H4,5,6,7);. The molecule has 8 heavy (non-hydrogen) atoms. The molecule has 0 fully saturated rings. The number of hydrogen-bond acceptors (Lipinski definition) is 1. The van der Waals surface area contributed by atoms with Crippen LogP contribution >= 0.6 is 0 Å². The first-order valence-electron chi connectivity index (χ1n) is 2.40. The van der Waals surface area contributed by atoms with Gasteiger partial charge < -0.3 is 0 Å². The van der Waals surface area contributed by atoms with Gasteiger partial charge >= 0.3 is 62.3 Å². The molecule has 0 aliphatic heterocycles. The third kappa shape index (κ3) is 4.23. The minimum atomic E-state index is 0.194. The van der Waals surface area contributed by atoms with E-state index in [-0.39, 0.29) is 5.96 Å². The van der Waals surface area contributed by atoms with Crippen molar-refractivity contribution in [2.24, 2.45) is 16.5 Å². The third-order valence-corrected chi connectivity index (χ3v) is 2.35. The van der Waals surface area contributed by atoms with E-state index in [1.807, 2.05) is 6.92 Å². The molecule has 0 aromatic heterocycles. The Hall–Kier alpha value is 0.0687. The number of rotatable bonds is 2. The Morgan fingerprint density at radius 2 is 2.25 bits per heavy atom. The average Bonchev–Trinajstić information content (AvgIpc) is 1.65. The summed E-state index contributed by atoms with van der Waals surface area (Å²) in [5.74, 6) is 0.194. The summed E-state index contributed by atoms with van der Waals surface area (Å²) >= 11 is 1.47. The molecular weight excluding hydrogens is 209 g/mol. The second kappa shape index (κ2) is 4.00. The number of hydrogen-bond donors (Lipinski definition) is 2.